The maximum Gasteiger partial charge on any atom is 0.0830 e. The molecule has 1 aliphatic rings. The summed E-state index contributed by atoms with van der Waals surface area (Å²) in [6.07, 6.45) is 14.5. The van der Waals surface area contributed by atoms with Crippen LogP contribution < -0.4 is 0 Å². The highest BCUT2D eigenvalue weighted by molar-refractivity contribution is 5.65. The van der Waals surface area contributed by atoms with E-state index in [0.29, 0.717) is 0 Å². The summed E-state index contributed by atoms with van der Waals surface area (Å²) in [5.74, 6) is 0. The lowest BCUT2D eigenvalue weighted by Gasteiger charge is -2.34. The first-order valence-electron chi connectivity index (χ1n) is 13.9. The molecule has 2 nitrogen and oxygen atoms in total. The number of nitrogens with zero attached hydrogens (tertiary/aromatic N) is 1. The molecule has 1 aromatic heterocycles. The first kappa shape index (κ1) is 26.4. The van der Waals surface area contributed by atoms with Crippen LogP contribution in [-0.4, -0.2) is 15.7 Å². The molecular weight excluding hydrogens is 438 g/mol. The molecule has 1 N–H and O–H groups in total. The van der Waals surface area contributed by atoms with Crippen LogP contribution in [0.3, 0.4) is 0 Å². The summed E-state index contributed by atoms with van der Waals surface area (Å²) in [4.78, 5) is 4.77. The van der Waals surface area contributed by atoms with Crippen LogP contribution in [0.25, 0.3) is 17.3 Å². The third-order valence-corrected chi connectivity index (χ3v) is 8.49. The van der Waals surface area contributed by atoms with Gasteiger partial charge in [-0.05, 0) is 85.4 Å². The number of hydrogen-bond donors (Lipinski definition) is 1. The highest BCUT2D eigenvalue weighted by atomic mass is 16.3. The lowest BCUT2D eigenvalue weighted by atomic mass is 9.69. The minimum absolute atomic E-state index is 0.0294. The van der Waals surface area contributed by atoms with Gasteiger partial charge in [-0.2, -0.15) is 0 Å². The van der Waals surface area contributed by atoms with E-state index in [0.717, 1.165) is 57.1 Å². The molecule has 1 saturated carbocycles. The van der Waals surface area contributed by atoms with Gasteiger partial charge in [-0.1, -0.05) is 94.7 Å². The predicted molar refractivity (Wildman–Crippen MR) is 153 cm³/mol. The minimum Gasteiger partial charge on any atom is -0.386 e. The standard InChI is InChI=1S/C34H43NO/c1-6-11-27-12-17-32(35-24-27)31-16-15-30(23-26(31)5)34(7-2,8-3)29-14-13-28(25(4)22-29)18-21-33(36)19-9-10-20-33/h12-18,21-24,36H,6-11,19-20H2,1-5H3. The number of pyridine rings is 1. The molecule has 0 unspecified atom stereocenters. The molecule has 0 spiro atoms. The largest absolute Gasteiger partial charge is 0.386 e. The Balaban J connectivity index is 1.64. The van der Waals surface area contributed by atoms with Crippen molar-refractivity contribution in [3.63, 3.8) is 0 Å². The molecule has 0 radical (unpaired) electrons. The van der Waals surface area contributed by atoms with Crippen molar-refractivity contribution < 1.29 is 5.11 Å². The topological polar surface area (TPSA) is 33.1 Å². The van der Waals surface area contributed by atoms with Crippen LogP contribution in [0.15, 0.2) is 60.8 Å². The Hall–Kier alpha value is -2.71. The molecule has 0 bridgehead atoms. The summed E-state index contributed by atoms with van der Waals surface area (Å²) in [5.41, 5.74) is 9.40. The van der Waals surface area contributed by atoms with Crippen molar-refractivity contribution in [2.24, 2.45) is 0 Å². The van der Waals surface area contributed by atoms with E-state index in [2.05, 4.69) is 89.2 Å². The van der Waals surface area contributed by atoms with E-state index in [1.54, 1.807) is 0 Å². The fourth-order valence-corrected chi connectivity index (χ4v) is 6.06. The minimum atomic E-state index is -0.619. The Morgan fingerprint density at radius 3 is 2.11 bits per heavy atom. The lowest BCUT2D eigenvalue weighted by molar-refractivity contribution is 0.100. The van der Waals surface area contributed by atoms with E-state index in [1.165, 1.54) is 38.9 Å². The summed E-state index contributed by atoms with van der Waals surface area (Å²) >= 11 is 0. The van der Waals surface area contributed by atoms with Crippen molar-refractivity contribution in [1.82, 2.24) is 4.98 Å². The van der Waals surface area contributed by atoms with Gasteiger partial charge in [0.2, 0.25) is 0 Å². The molecule has 3 aromatic rings. The van der Waals surface area contributed by atoms with E-state index in [9.17, 15) is 5.11 Å². The fourth-order valence-electron chi connectivity index (χ4n) is 6.06. The zero-order chi connectivity index (χ0) is 25.8. The van der Waals surface area contributed by atoms with Crippen molar-refractivity contribution >= 4 is 6.08 Å². The number of rotatable bonds is 9. The van der Waals surface area contributed by atoms with Gasteiger partial charge >= 0.3 is 0 Å². The maximum absolute atomic E-state index is 10.7. The van der Waals surface area contributed by atoms with Gasteiger partial charge < -0.3 is 5.11 Å². The SMILES string of the molecule is CCCc1ccc(-c2ccc(C(CC)(CC)c3ccc(C=CC4(O)CCCC4)c(C)c3)cc2C)nc1. The number of benzene rings is 2. The van der Waals surface area contributed by atoms with Crippen molar-refractivity contribution in [3.05, 3.63) is 94.2 Å². The molecule has 1 aliphatic carbocycles. The second kappa shape index (κ2) is 11.1. The van der Waals surface area contributed by atoms with Gasteiger partial charge in [0.05, 0.1) is 11.3 Å². The van der Waals surface area contributed by atoms with Gasteiger partial charge in [0.15, 0.2) is 0 Å². The van der Waals surface area contributed by atoms with Gasteiger partial charge in [-0.25, -0.2) is 0 Å². The van der Waals surface area contributed by atoms with Gasteiger partial charge in [-0.15, -0.1) is 0 Å². The summed E-state index contributed by atoms with van der Waals surface area (Å²) < 4.78 is 0. The highest BCUT2D eigenvalue weighted by Crippen LogP contribution is 2.41. The second-order valence-electron chi connectivity index (χ2n) is 10.8. The Kier molecular flexibility index (Phi) is 8.15. The number of hydrogen-bond acceptors (Lipinski definition) is 2. The normalized spacial score (nSPS) is 15.6. The molecule has 36 heavy (non-hydrogen) atoms. The van der Waals surface area contributed by atoms with E-state index in [-0.39, 0.29) is 5.41 Å². The molecule has 0 atom stereocenters. The van der Waals surface area contributed by atoms with E-state index in [1.807, 2.05) is 12.3 Å². The van der Waals surface area contributed by atoms with Crippen LogP contribution in [0.2, 0.25) is 0 Å². The van der Waals surface area contributed by atoms with Crippen LogP contribution in [0, 0.1) is 13.8 Å². The molecule has 4 rings (SSSR count). The average Bonchev–Trinajstić information content (AvgIpc) is 3.32. The summed E-state index contributed by atoms with van der Waals surface area (Å²) in [6, 6.07) is 18.2. The van der Waals surface area contributed by atoms with Crippen LogP contribution in [0.4, 0.5) is 0 Å². The first-order chi connectivity index (χ1) is 17.3. The van der Waals surface area contributed by atoms with Crippen molar-refractivity contribution in [2.75, 3.05) is 0 Å². The van der Waals surface area contributed by atoms with E-state index < -0.39 is 5.60 Å². The monoisotopic (exact) mass is 481 g/mol. The number of aryl methyl sites for hydroxylation is 3. The quantitative estimate of drug-likeness (QED) is 0.331. The number of aromatic nitrogens is 1. The van der Waals surface area contributed by atoms with Crippen LogP contribution >= 0.6 is 0 Å². The predicted octanol–water partition coefficient (Wildman–Crippen LogP) is 8.74. The smallest absolute Gasteiger partial charge is 0.0830 e. The van der Waals surface area contributed by atoms with Crippen molar-refractivity contribution in [3.8, 4) is 11.3 Å². The molecule has 190 valence electrons. The summed E-state index contributed by atoms with van der Waals surface area (Å²) in [6.45, 7) is 11.2. The molecular formula is C34H43NO. The van der Waals surface area contributed by atoms with E-state index >= 15 is 0 Å². The zero-order valence-electron chi connectivity index (χ0n) is 22.9. The zero-order valence-corrected chi connectivity index (χ0v) is 22.9. The second-order valence-corrected chi connectivity index (χ2v) is 10.8. The Morgan fingerprint density at radius 1 is 0.889 bits per heavy atom. The molecule has 2 heteroatoms. The molecule has 1 fully saturated rings. The highest BCUT2D eigenvalue weighted by Gasteiger charge is 2.32. The third-order valence-electron chi connectivity index (χ3n) is 8.49. The maximum atomic E-state index is 10.7. The summed E-state index contributed by atoms with van der Waals surface area (Å²) in [5, 5.41) is 10.7. The van der Waals surface area contributed by atoms with Gasteiger partial charge in [-0.3, -0.25) is 4.98 Å². The first-order valence-corrected chi connectivity index (χ1v) is 13.9. The van der Waals surface area contributed by atoms with Crippen LogP contribution in [-0.2, 0) is 11.8 Å². The van der Waals surface area contributed by atoms with Gasteiger partial charge in [0.25, 0.3) is 0 Å². The average molecular weight is 482 g/mol. The van der Waals surface area contributed by atoms with Crippen molar-refractivity contribution in [1.29, 1.82) is 0 Å². The Bertz CT molecular complexity index is 1190. The van der Waals surface area contributed by atoms with Crippen molar-refractivity contribution in [2.45, 2.75) is 97.0 Å². The van der Waals surface area contributed by atoms with Crippen LogP contribution in [0.1, 0.15) is 99.1 Å². The summed E-state index contributed by atoms with van der Waals surface area (Å²) in [7, 11) is 0. The Morgan fingerprint density at radius 2 is 1.56 bits per heavy atom. The van der Waals surface area contributed by atoms with Crippen LogP contribution in [0.5, 0.6) is 0 Å². The van der Waals surface area contributed by atoms with Gasteiger partial charge in [0, 0.05) is 17.2 Å². The lowest BCUT2D eigenvalue weighted by Crippen LogP contribution is -2.26. The molecule has 0 amide bonds. The van der Waals surface area contributed by atoms with E-state index in [4.69, 9.17) is 4.98 Å². The fraction of sp³-hybridized carbons (Fsp3) is 0.441. The van der Waals surface area contributed by atoms with Gasteiger partial charge in [0.1, 0.15) is 0 Å². The molecule has 0 saturated heterocycles. The molecule has 0 aliphatic heterocycles. The number of aliphatic hydroxyl groups is 1. The molecule has 2 aromatic carbocycles. The molecule has 1 heterocycles. The Labute approximate surface area is 218 Å². The third kappa shape index (κ3) is 5.34.